The van der Waals surface area contributed by atoms with E-state index in [-0.39, 0.29) is 114 Å². The standard InChI is InChI=1S/C17H23N3O4.CH4S.CH3.Cs/c18-9-16(22)20-14(8-13-6-7-19-17(13)23)15(21)11-24-10-12-4-2-1-3-5-12;1-2;;/h1-5,13-14H,6-11,18H2,(H,19,23)(H,20,22);2H,1H3;1H3;/q;;-1;+1. The minimum atomic E-state index is -0.759. The molecule has 1 saturated heterocycles. The molecule has 0 radical (unpaired) electrons. The van der Waals surface area contributed by atoms with Crippen molar-refractivity contribution in [1.29, 1.82) is 0 Å². The molecule has 0 spiro atoms. The molecule has 0 aromatic heterocycles. The first-order valence-electron chi connectivity index (χ1n) is 8.46. The minimum Gasteiger partial charge on any atom is -0.369 e. The molecule has 1 aliphatic rings. The summed E-state index contributed by atoms with van der Waals surface area (Å²) in [5.41, 5.74) is 6.26. The van der Waals surface area contributed by atoms with Gasteiger partial charge in [-0.3, -0.25) is 14.4 Å². The fourth-order valence-electron chi connectivity index (χ4n) is 2.62. The van der Waals surface area contributed by atoms with Crippen LogP contribution in [0.4, 0.5) is 0 Å². The Morgan fingerprint density at radius 2 is 1.96 bits per heavy atom. The Morgan fingerprint density at radius 3 is 2.50 bits per heavy atom. The van der Waals surface area contributed by atoms with Crippen LogP contribution in [0.25, 0.3) is 0 Å². The summed E-state index contributed by atoms with van der Waals surface area (Å²) in [6.07, 6.45) is 2.62. The van der Waals surface area contributed by atoms with Crippen molar-refractivity contribution in [1.82, 2.24) is 10.6 Å². The number of carbonyl (C=O) groups is 3. The Bertz CT molecular complexity index is 590. The van der Waals surface area contributed by atoms with Crippen LogP contribution in [-0.4, -0.2) is 49.6 Å². The molecular weight excluding hydrogens is 499 g/mol. The Labute approximate surface area is 232 Å². The fraction of sp³-hybridized carbons (Fsp3) is 0.474. The number of rotatable bonds is 9. The number of nitrogens with one attached hydrogen (secondary N) is 2. The molecule has 2 atom stereocenters. The summed E-state index contributed by atoms with van der Waals surface area (Å²) in [7, 11) is 0. The Morgan fingerprint density at radius 1 is 1.32 bits per heavy atom. The van der Waals surface area contributed by atoms with Gasteiger partial charge in [0.1, 0.15) is 6.61 Å². The maximum atomic E-state index is 12.4. The van der Waals surface area contributed by atoms with Crippen LogP contribution in [0, 0.1) is 13.3 Å². The van der Waals surface area contributed by atoms with E-state index < -0.39 is 11.9 Å². The van der Waals surface area contributed by atoms with Gasteiger partial charge in [0.25, 0.3) is 0 Å². The molecule has 4 N–H and O–H groups in total. The van der Waals surface area contributed by atoms with Gasteiger partial charge < -0.3 is 28.5 Å². The number of carbonyl (C=O) groups excluding carboxylic acids is 3. The first kappa shape index (κ1) is 30.3. The molecule has 0 bridgehead atoms. The minimum absolute atomic E-state index is 0. The van der Waals surface area contributed by atoms with E-state index in [1.807, 2.05) is 30.3 Å². The van der Waals surface area contributed by atoms with E-state index in [4.69, 9.17) is 10.5 Å². The smallest absolute Gasteiger partial charge is 0.369 e. The van der Waals surface area contributed by atoms with Crippen molar-refractivity contribution in [2.45, 2.75) is 25.5 Å². The SMILES string of the molecule is CS.NCC(=O)NC(CC1CCNC1=O)C(=O)COCc1ccccc1.[CH3-].[Cs+]. The van der Waals surface area contributed by atoms with Gasteiger partial charge in [-0.2, -0.15) is 12.6 Å². The molecule has 0 aliphatic carbocycles. The largest absolute Gasteiger partial charge is 1.00 e. The average Bonchev–Trinajstić information content (AvgIpc) is 3.08. The van der Waals surface area contributed by atoms with Crippen molar-refractivity contribution >= 4 is 30.2 Å². The summed E-state index contributed by atoms with van der Waals surface area (Å²) >= 11 is 3.53. The van der Waals surface area contributed by atoms with Crippen LogP contribution >= 0.6 is 12.6 Å². The second-order valence-corrected chi connectivity index (χ2v) is 5.78. The summed E-state index contributed by atoms with van der Waals surface area (Å²) < 4.78 is 5.44. The molecule has 1 fully saturated rings. The van der Waals surface area contributed by atoms with Crippen LogP contribution in [-0.2, 0) is 25.7 Å². The zero-order chi connectivity index (χ0) is 19.4. The van der Waals surface area contributed by atoms with Crippen molar-refractivity contribution < 1.29 is 88.0 Å². The molecular formula is C19H30CsN3O4S. The third-order valence-corrected chi connectivity index (χ3v) is 3.95. The summed E-state index contributed by atoms with van der Waals surface area (Å²) in [5, 5.41) is 5.32. The second kappa shape index (κ2) is 18.0. The molecule has 0 saturated carbocycles. The Hall–Kier alpha value is 0.152. The van der Waals surface area contributed by atoms with E-state index in [1.54, 1.807) is 6.26 Å². The molecule has 2 amide bonds. The predicted molar refractivity (Wildman–Crippen MR) is 109 cm³/mol. The number of hydrogen-bond donors (Lipinski definition) is 4. The van der Waals surface area contributed by atoms with Crippen LogP contribution in [0.1, 0.15) is 18.4 Å². The first-order chi connectivity index (χ1) is 12.6. The molecule has 1 aliphatic heterocycles. The van der Waals surface area contributed by atoms with E-state index >= 15 is 0 Å². The quantitative estimate of drug-likeness (QED) is 0.213. The maximum Gasteiger partial charge on any atom is 1.00 e. The predicted octanol–water partition coefficient (Wildman–Crippen LogP) is -2.26. The number of benzene rings is 1. The number of amides is 2. The van der Waals surface area contributed by atoms with Gasteiger partial charge in [-0.25, -0.2) is 0 Å². The monoisotopic (exact) mass is 529 g/mol. The molecule has 1 heterocycles. The van der Waals surface area contributed by atoms with Crippen molar-refractivity contribution in [2.24, 2.45) is 11.7 Å². The second-order valence-electron chi connectivity index (χ2n) is 5.78. The van der Waals surface area contributed by atoms with Crippen LogP contribution in [0.15, 0.2) is 30.3 Å². The zero-order valence-electron chi connectivity index (χ0n) is 16.9. The first-order valence-corrected chi connectivity index (χ1v) is 9.36. The number of thiol groups is 1. The average molecular weight is 529 g/mol. The topological polar surface area (TPSA) is 111 Å². The van der Waals surface area contributed by atoms with Gasteiger partial charge in [-0.15, -0.1) is 0 Å². The van der Waals surface area contributed by atoms with Gasteiger partial charge in [-0.05, 0) is 24.7 Å². The molecule has 2 unspecified atom stereocenters. The number of nitrogens with two attached hydrogens (primary N) is 1. The van der Waals surface area contributed by atoms with Crippen LogP contribution in [0.5, 0.6) is 0 Å². The van der Waals surface area contributed by atoms with Gasteiger partial charge in [0.05, 0.1) is 19.2 Å². The van der Waals surface area contributed by atoms with Crippen LogP contribution in [0.3, 0.4) is 0 Å². The molecule has 7 nitrogen and oxygen atoms in total. The summed E-state index contributed by atoms with van der Waals surface area (Å²) in [6.45, 7) is 0.581. The van der Waals surface area contributed by atoms with Gasteiger partial charge >= 0.3 is 68.9 Å². The summed E-state index contributed by atoms with van der Waals surface area (Å²) in [6, 6.07) is 8.74. The van der Waals surface area contributed by atoms with Gasteiger partial charge in [0, 0.05) is 12.5 Å². The third-order valence-electron chi connectivity index (χ3n) is 3.95. The van der Waals surface area contributed by atoms with E-state index in [2.05, 4.69) is 23.3 Å². The number of Topliss-reactive ketones (excluding diaryl/α,β-unsaturated/α-hetero) is 1. The molecule has 1 aromatic rings. The molecule has 152 valence electrons. The van der Waals surface area contributed by atoms with Crippen molar-refractivity contribution in [3.63, 3.8) is 0 Å². The third kappa shape index (κ3) is 11.4. The fourth-order valence-corrected chi connectivity index (χ4v) is 2.62. The number of hydrogen-bond acceptors (Lipinski definition) is 6. The van der Waals surface area contributed by atoms with E-state index in [0.29, 0.717) is 19.6 Å². The molecule has 28 heavy (non-hydrogen) atoms. The van der Waals surface area contributed by atoms with Crippen LogP contribution in [0.2, 0.25) is 0 Å². The maximum absolute atomic E-state index is 12.4. The van der Waals surface area contributed by atoms with Crippen molar-refractivity contribution in [2.75, 3.05) is 26.0 Å². The van der Waals surface area contributed by atoms with Crippen molar-refractivity contribution in [3.8, 4) is 0 Å². The molecule has 2 rings (SSSR count). The van der Waals surface area contributed by atoms with Gasteiger partial charge in [0.15, 0.2) is 5.78 Å². The number of ether oxygens (including phenoxy) is 1. The van der Waals surface area contributed by atoms with E-state index in [0.717, 1.165) is 5.56 Å². The molecule has 9 heteroatoms. The molecule has 1 aromatic carbocycles. The van der Waals surface area contributed by atoms with Crippen LogP contribution < -0.4 is 85.3 Å². The van der Waals surface area contributed by atoms with Gasteiger partial charge in [0.2, 0.25) is 11.8 Å². The Balaban J connectivity index is 0. The van der Waals surface area contributed by atoms with Crippen molar-refractivity contribution in [3.05, 3.63) is 43.3 Å². The summed E-state index contributed by atoms with van der Waals surface area (Å²) in [4.78, 5) is 35.6. The Kier molecular flexibility index (Phi) is 19.5. The zero-order valence-corrected chi connectivity index (χ0v) is 24.1. The summed E-state index contributed by atoms with van der Waals surface area (Å²) in [5.74, 6) is -1.03. The van der Waals surface area contributed by atoms with E-state index in [1.165, 1.54) is 0 Å². The van der Waals surface area contributed by atoms with Gasteiger partial charge in [-0.1, -0.05) is 30.3 Å². The normalized spacial score (nSPS) is 15.7. The number of ketones is 1. The van der Waals surface area contributed by atoms with E-state index in [9.17, 15) is 14.4 Å².